The van der Waals surface area contributed by atoms with Gasteiger partial charge in [-0.25, -0.2) is 0 Å². The molecule has 0 saturated carbocycles. The van der Waals surface area contributed by atoms with Crippen molar-refractivity contribution in [3.05, 3.63) is 59.7 Å². The highest BCUT2D eigenvalue weighted by molar-refractivity contribution is 5.89. The van der Waals surface area contributed by atoms with E-state index in [0.29, 0.717) is 6.42 Å². The quantitative estimate of drug-likeness (QED) is 0.719. The van der Waals surface area contributed by atoms with Crippen LogP contribution in [0, 0.1) is 0 Å². The van der Waals surface area contributed by atoms with Gasteiger partial charge in [0.2, 0.25) is 5.91 Å². The van der Waals surface area contributed by atoms with E-state index in [-0.39, 0.29) is 11.9 Å². The standard InChI is InChI=1S/C22H26N2O2/c1-2-17-11-12-21(26-17)20-10-4-3-7-13-24(20)22(25)14-16-15-23-19-9-6-5-8-18(16)19/h5-6,8-9,11-12,15,20,23H,2-4,7,10,13-14H2,1H3. The van der Waals surface area contributed by atoms with Crippen LogP contribution >= 0.6 is 0 Å². The van der Waals surface area contributed by atoms with E-state index >= 15 is 0 Å². The monoisotopic (exact) mass is 350 g/mol. The molecule has 136 valence electrons. The van der Waals surface area contributed by atoms with Crippen molar-refractivity contribution in [2.45, 2.75) is 51.5 Å². The van der Waals surface area contributed by atoms with Crippen molar-refractivity contribution in [1.29, 1.82) is 0 Å². The summed E-state index contributed by atoms with van der Waals surface area (Å²) < 4.78 is 6.01. The maximum absolute atomic E-state index is 13.2. The second kappa shape index (κ2) is 7.40. The molecule has 3 heterocycles. The number of aromatic amines is 1. The summed E-state index contributed by atoms with van der Waals surface area (Å²) in [5.74, 6) is 2.13. The van der Waals surface area contributed by atoms with E-state index in [1.54, 1.807) is 0 Å². The van der Waals surface area contributed by atoms with Gasteiger partial charge in [-0.3, -0.25) is 4.79 Å². The average Bonchev–Trinajstić information content (AvgIpc) is 3.22. The van der Waals surface area contributed by atoms with Crippen LogP contribution in [0.1, 0.15) is 55.7 Å². The van der Waals surface area contributed by atoms with Gasteiger partial charge in [0.05, 0.1) is 12.5 Å². The summed E-state index contributed by atoms with van der Waals surface area (Å²) in [7, 11) is 0. The van der Waals surface area contributed by atoms with E-state index < -0.39 is 0 Å². The number of amides is 1. The summed E-state index contributed by atoms with van der Waals surface area (Å²) in [5.41, 5.74) is 2.16. The highest BCUT2D eigenvalue weighted by atomic mass is 16.3. The molecular formula is C22H26N2O2. The number of furan rings is 1. The van der Waals surface area contributed by atoms with Crippen molar-refractivity contribution in [2.75, 3.05) is 6.54 Å². The van der Waals surface area contributed by atoms with Crippen LogP contribution in [0.4, 0.5) is 0 Å². The maximum atomic E-state index is 13.2. The molecule has 0 radical (unpaired) electrons. The van der Waals surface area contributed by atoms with Gasteiger partial charge >= 0.3 is 0 Å². The lowest BCUT2D eigenvalue weighted by Crippen LogP contribution is -2.35. The molecule has 1 amide bonds. The van der Waals surface area contributed by atoms with Crippen LogP contribution in [0.15, 0.2) is 47.0 Å². The number of hydrogen-bond acceptors (Lipinski definition) is 2. The summed E-state index contributed by atoms with van der Waals surface area (Å²) in [6, 6.07) is 12.3. The van der Waals surface area contributed by atoms with E-state index in [1.807, 2.05) is 35.4 Å². The Hall–Kier alpha value is -2.49. The Morgan fingerprint density at radius 2 is 2.08 bits per heavy atom. The average molecular weight is 350 g/mol. The molecule has 0 bridgehead atoms. The Labute approximate surface area is 154 Å². The largest absolute Gasteiger partial charge is 0.464 e. The van der Waals surface area contributed by atoms with Crippen LogP contribution < -0.4 is 0 Å². The van der Waals surface area contributed by atoms with Gasteiger partial charge in [0, 0.05) is 30.1 Å². The molecule has 26 heavy (non-hydrogen) atoms. The molecule has 4 rings (SSSR count). The van der Waals surface area contributed by atoms with Gasteiger partial charge in [0.1, 0.15) is 11.5 Å². The fourth-order valence-electron chi connectivity index (χ4n) is 4.01. The fraction of sp³-hybridized carbons (Fsp3) is 0.409. The van der Waals surface area contributed by atoms with Crippen LogP contribution in [-0.4, -0.2) is 22.3 Å². The third kappa shape index (κ3) is 3.28. The Morgan fingerprint density at radius 3 is 2.92 bits per heavy atom. The lowest BCUT2D eigenvalue weighted by atomic mass is 10.1. The number of rotatable bonds is 4. The number of H-pyrrole nitrogens is 1. The minimum atomic E-state index is 0.0653. The van der Waals surface area contributed by atoms with Gasteiger partial charge in [0.15, 0.2) is 0 Å². The van der Waals surface area contributed by atoms with Crippen LogP contribution in [-0.2, 0) is 17.6 Å². The second-order valence-corrected chi connectivity index (χ2v) is 7.15. The van der Waals surface area contributed by atoms with Crippen LogP contribution in [0.25, 0.3) is 10.9 Å². The normalized spacial score (nSPS) is 18.2. The van der Waals surface area contributed by atoms with Crippen molar-refractivity contribution >= 4 is 16.8 Å². The number of nitrogens with one attached hydrogen (secondary N) is 1. The van der Waals surface area contributed by atoms with E-state index in [9.17, 15) is 4.79 Å². The zero-order valence-corrected chi connectivity index (χ0v) is 15.3. The zero-order valence-electron chi connectivity index (χ0n) is 15.3. The molecule has 1 aliphatic heterocycles. The second-order valence-electron chi connectivity index (χ2n) is 7.15. The van der Waals surface area contributed by atoms with Crippen molar-refractivity contribution in [2.24, 2.45) is 0 Å². The topological polar surface area (TPSA) is 49.2 Å². The number of para-hydroxylation sites is 1. The number of carbonyl (C=O) groups is 1. The van der Waals surface area contributed by atoms with Gasteiger partial charge in [-0.1, -0.05) is 38.0 Å². The number of aryl methyl sites for hydroxylation is 1. The molecule has 4 nitrogen and oxygen atoms in total. The van der Waals surface area contributed by atoms with Crippen LogP contribution in [0.5, 0.6) is 0 Å². The molecule has 1 N–H and O–H groups in total. The van der Waals surface area contributed by atoms with E-state index in [2.05, 4.69) is 24.0 Å². The molecule has 0 spiro atoms. The minimum absolute atomic E-state index is 0.0653. The number of carbonyl (C=O) groups excluding carboxylic acids is 1. The predicted molar refractivity (Wildman–Crippen MR) is 103 cm³/mol. The van der Waals surface area contributed by atoms with Gasteiger partial charge in [-0.2, -0.15) is 0 Å². The molecule has 1 saturated heterocycles. The number of aromatic nitrogens is 1. The van der Waals surface area contributed by atoms with Crippen molar-refractivity contribution in [3.8, 4) is 0 Å². The highest BCUT2D eigenvalue weighted by Gasteiger charge is 2.29. The van der Waals surface area contributed by atoms with E-state index in [1.165, 1.54) is 6.42 Å². The molecular weight excluding hydrogens is 324 g/mol. The summed E-state index contributed by atoms with van der Waals surface area (Å²) in [5, 5.41) is 1.14. The number of likely N-dealkylation sites (tertiary alicyclic amines) is 1. The number of hydrogen-bond donors (Lipinski definition) is 1. The Kier molecular flexibility index (Phi) is 4.83. The van der Waals surface area contributed by atoms with Crippen molar-refractivity contribution in [3.63, 3.8) is 0 Å². The van der Waals surface area contributed by atoms with Gasteiger partial charge in [0.25, 0.3) is 0 Å². The summed E-state index contributed by atoms with van der Waals surface area (Å²) in [6.07, 6.45) is 7.65. The molecule has 0 aliphatic carbocycles. The van der Waals surface area contributed by atoms with Gasteiger partial charge in [-0.05, 0) is 36.6 Å². The zero-order chi connectivity index (χ0) is 17.9. The fourth-order valence-corrected chi connectivity index (χ4v) is 4.01. The summed E-state index contributed by atoms with van der Waals surface area (Å²) >= 11 is 0. The molecule has 1 fully saturated rings. The molecule has 1 aromatic carbocycles. The Bertz CT molecular complexity index is 892. The molecule has 1 atom stereocenters. The first-order valence-electron chi connectivity index (χ1n) is 9.69. The third-order valence-corrected chi connectivity index (χ3v) is 5.45. The van der Waals surface area contributed by atoms with Gasteiger partial charge in [-0.15, -0.1) is 0 Å². The maximum Gasteiger partial charge on any atom is 0.227 e. The summed E-state index contributed by atoms with van der Waals surface area (Å²) in [6.45, 7) is 2.91. The van der Waals surface area contributed by atoms with E-state index in [0.717, 1.165) is 60.2 Å². The van der Waals surface area contributed by atoms with Crippen LogP contribution in [0.2, 0.25) is 0 Å². The first-order valence-corrected chi connectivity index (χ1v) is 9.69. The van der Waals surface area contributed by atoms with Gasteiger partial charge < -0.3 is 14.3 Å². The molecule has 4 heteroatoms. The SMILES string of the molecule is CCc1ccc(C2CCCCCN2C(=O)Cc2c[nH]c3ccccc23)o1. The first-order chi connectivity index (χ1) is 12.8. The third-order valence-electron chi connectivity index (χ3n) is 5.45. The Balaban J connectivity index is 1.58. The first kappa shape index (κ1) is 17.0. The molecule has 3 aromatic rings. The molecule has 2 aromatic heterocycles. The number of nitrogens with zero attached hydrogens (tertiary/aromatic N) is 1. The highest BCUT2D eigenvalue weighted by Crippen LogP contribution is 2.32. The number of fused-ring (bicyclic) bond motifs is 1. The van der Waals surface area contributed by atoms with Crippen molar-refractivity contribution < 1.29 is 9.21 Å². The van der Waals surface area contributed by atoms with Crippen LogP contribution in [0.3, 0.4) is 0 Å². The predicted octanol–water partition coefficient (Wildman–Crippen LogP) is 5.01. The smallest absolute Gasteiger partial charge is 0.227 e. The van der Waals surface area contributed by atoms with E-state index in [4.69, 9.17) is 4.42 Å². The lowest BCUT2D eigenvalue weighted by molar-refractivity contribution is -0.133. The Morgan fingerprint density at radius 1 is 1.19 bits per heavy atom. The molecule has 1 unspecified atom stereocenters. The molecule has 1 aliphatic rings. The minimum Gasteiger partial charge on any atom is -0.464 e. The summed E-state index contributed by atoms with van der Waals surface area (Å²) in [4.78, 5) is 18.5. The lowest BCUT2D eigenvalue weighted by Gasteiger charge is -2.28. The van der Waals surface area contributed by atoms with Crippen molar-refractivity contribution in [1.82, 2.24) is 9.88 Å². The number of benzene rings is 1.